The normalized spacial score (nSPS) is 10.4. The number of hydrogen-bond acceptors (Lipinski definition) is 4. The van der Waals surface area contributed by atoms with Crippen LogP contribution in [0, 0.1) is 0 Å². The number of nitrogens with one attached hydrogen (secondary N) is 1. The fourth-order valence-corrected chi connectivity index (χ4v) is 2.62. The minimum Gasteiger partial charge on any atom is -0.494 e. The summed E-state index contributed by atoms with van der Waals surface area (Å²) in [6, 6.07) is 11.3. The van der Waals surface area contributed by atoms with Crippen molar-refractivity contribution in [1.29, 1.82) is 0 Å². The molecule has 1 N–H and O–H groups in total. The Morgan fingerprint density at radius 1 is 1.08 bits per heavy atom. The van der Waals surface area contributed by atoms with Crippen LogP contribution < -0.4 is 10.1 Å². The van der Waals surface area contributed by atoms with Gasteiger partial charge in [-0.15, -0.1) is 0 Å². The molecule has 0 saturated heterocycles. The smallest absolute Gasteiger partial charge is 0.254 e. The molecule has 0 spiro atoms. The summed E-state index contributed by atoms with van der Waals surface area (Å²) >= 11 is 0. The molecule has 0 radical (unpaired) electrons. The zero-order valence-electron chi connectivity index (χ0n) is 15.3. The summed E-state index contributed by atoms with van der Waals surface area (Å²) in [5.74, 6) is 1.54. The van der Waals surface area contributed by atoms with E-state index in [1.54, 1.807) is 18.3 Å². The number of carbonyl (C=O) groups is 1. The maximum Gasteiger partial charge on any atom is 0.254 e. The van der Waals surface area contributed by atoms with Crippen molar-refractivity contribution < 1.29 is 9.53 Å². The number of anilines is 2. The molecule has 134 valence electrons. The standard InChI is InChI=1S/C20H27N3O2/c1-4-13-23(14-5-2)20(24)16-11-12-21-19(15-16)22-17-7-9-18(10-8-17)25-6-3/h7-12,15H,4-6,13-14H2,1-3H3,(H,21,22). The van der Waals surface area contributed by atoms with Crippen molar-refractivity contribution in [3.63, 3.8) is 0 Å². The second-order valence-corrected chi connectivity index (χ2v) is 5.80. The predicted molar refractivity (Wildman–Crippen MR) is 102 cm³/mol. The lowest BCUT2D eigenvalue weighted by molar-refractivity contribution is 0.0755. The molecule has 0 unspecified atom stereocenters. The van der Waals surface area contributed by atoms with Gasteiger partial charge >= 0.3 is 0 Å². The van der Waals surface area contributed by atoms with E-state index in [0.29, 0.717) is 18.0 Å². The van der Waals surface area contributed by atoms with Crippen molar-refractivity contribution in [3.8, 4) is 5.75 Å². The van der Waals surface area contributed by atoms with Crippen LogP contribution >= 0.6 is 0 Å². The Morgan fingerprint density at radius 2 is 1.76 bits per heavy atom. The number of nitrogens with zero attached hydrogens (tertiary/aromatic N) is 2. The lowest BCUT2D eigenvalue weighted by Gasteiger charge is -2.21. The van der Waals surface area contributed by atoms with Crippen LogP contribution in [0.25, 0.3) is 0 Å². The van der Waals surface area contributed by atoms with Crippen molar-refractivity contribution in [2.75, 3.05) is 25.0 Å². The van der Waals surface area contributed by atoms with Crippen LogP contribution in [0.5, 0.6) is 5.75 Å². The van der Waals surface area contributed by atoms with Crippen molar-refractivity contribution in [2.45, 2.75) is 33.6 Å². The number of pyridine rings is 1. The molecule has 0 atom stereocenters. The van der Waals surface area contributed by atoms with Gasteiger partial charge in [-0.1, -0.05) is 13.8 Å². The summed E-state index contributed by atoms with van der Waals surface area (Å²) in [4.78, 5) is 18.9. The Labute approximate surface area is 150 Å². The molecule has 2 rings (SSSR count). The molecule has 0 saturated carbocycles. The minimum atomic E-state index is 0.0563. The van der Waals surface area contributed by atoms with Crippen molar-refractivity contribution in [3.05, 3.63) is 48.2 Å². The highest BCUT2D eigenvalue weighted by atomic mass is 16.5. The van der Waals surface area contributed by atoms with Crippen LogP contribution in [0.3, 0.4) is 0 Å². The van der Waals surface area contributed by atoms with Gasteiger partial charge in [-0.3, -0.25) is 4.79 Å². The molecule has 1 amide bonds. The zero-order chi connectivity index (χ0) is 18.1. The maximum absolute atomic E-state index is 12.7. The van der Waals surface area contributed by atoms with E-state index in [4.69, 9.17) is 4.74 Å². The van der Waals surface area contributed by atoms with Gasteiger partial charge in [-0.25, -0.2) is 4.98 Å². The van der Waals surface area contributed by atoms with E-state index in [-0.39, 0.29) is 5.91 Å². The van der Waals surface area contributed by atoms with Crippen LogP contribution in [0.4, 0.5) is 11.5 Å². The number of hydrogen-bond donors (Lipinski definition) is 1. The highest BCUT2D eigenvalue weighted by Gasteiger charge is 2.14. The first-order chi connectivity index (χ1) is 12.2. The van der Waals surface area contributed by atoms with Crippen molar-refractivity contribution >= 4 is 17.4 Å². The minimum absolute atomic E-state index is 0.0563. The molecule has 2 aromatic rings. The Bertz CT molecular complexity index is 665. The van der Waals surface area contributed by atoms with Gasteiger partial charge in [0, 0.05) is 30.5 Å². The van der Waals surface area contributed by atoms with E-state index >= 15 is 0 Å². The van der Waals surface area contributed by atoms with Gasteiger partial charge in [-0.05, 0) is 56.2 Å². The first-order valence-corrected chi connectivity index (χ1v) is 8.93. The number of carbonyl (C=O) groups excluding carboxylic acids is 1. The van der Waals surface area contributed by atoms with Crippen LogP contribution in [0.15, 0.2) is 42.6 Å². The van der Waals surface area contributed by atoms with E-state index in [9.17, 15) is 4.79 Å². The van der Waals surface area contributed by atoms with Gasteiger partial charge in [0.05, 0.1) is 6.61 Å². The summed E-state index contributed by atoms with van der Waals surface area (Å²) < 4.78 is 5.44. The summed E-state index contributed by atoms with van der Waals surface area (Å²) in [6.07, 6.45) is 3.57. The first-order valence-electron chi connectivity index (χ1n) is 8.93. The molecular formula is C20H27N3O2. The molecule has 0 aliphatic carbocycles. The lowest BCUT2D eigenvalue weighted by atomic mass is 10.2. The van der Waals surface area contributed by atoms with Gasteiger partial charge < -0.3 is 15.0 Å². The topological polar surface area (TPSA) is 54.5 Å². The van der Waals surface area contributed by atoms with E-state index in [2.05, 4.69) is 24.1 Å². The number of aromatic nitrogens is 1. The predicted octanol–water partition coefficient (Wildman–Crippen LogP) is 4.49. The highest BCUT2D eigenvalue weighted by Crippen LogP contribution is 2.20. The van der Waals surface area contributed by atoms with Gasteiger partial charge in [0.15, 0.2) is 0 Å². The summed E-state index contributed by atoms with van der Waals surface area (Å²) in [7, 11) is 0. The summed E-state index contributed by atoms with van der Waals surface area (Å²) in [5, 5.41) is 3.23. The van der Waals surface area contributed by atoms with Gasteiger partial charge in [0.25, 0.3) is 5.91 Å². The third-order valence-electron chi connectivity index (χ3n) is 3.72. The fraction of sp³-hybridized carbons (Fsp3) is 0.400. The van der Waals surface area contributed by atoms with E-state index < -0.39 is 0 Å². The second kappa shape index (κ2) is 9.67. The third kappa shape index (κ3) is 5.48. The van der Waals surface area contributed by atoms with Gasteiger partial charge in [-0.2, -0.15) is 0 Å². The summed E-state index contributed by atoms with van der Waals surface area (Å²) in [5.41, 5.74) is 1.56. The van der Waals surface area contributed by atoms with E-state index in [1.165, 1.54) is 0 Å². The largest absolute Gasteiger partial charge is 0.494 e. The molecule has 5 nitrogen and oxygen atoms in total. The first kappa shape index (κ1) is 18.8. The van der Waals surface area contributed by atoms with E-state index in [0.717, 1.165) is 37.4 Å². The Balaban J connectivity index is 2.10. The third-order valence-corrected chi connectivity index (χ3v) is 3.72. The van der Waals surface area contributed by atoms with Crippen LogP contribution in [0.1, 0.15) is 44.0 Å². The number of amides is 1. The van der Waals surface area contributed by atoms with Gasteiger partial charge in [0.1, 0.15) is 11.6 Å². The van der Waals surface area contributed by atoms with Crippen LogP contribution in [0.2, 0.25) is 0 Å². The fourth-order valence-electron chi connectivity index (χ4n) is 2.62. The number of benzene rings is 1. The lowest BCUT2D eigenvalue weighted by Crippen LogP contribution is -2.32. The monoisotopic (exact) mass is 341 g/mol. The van der Waals surface area contributed by atoms with Crippen molar-refractivity contribution in [2.24, 2.45) is 0 Å². The van der Waals surface area contributed by atoms with Crippen LogP contribution in [-0.2, 0) is 0 Å². The second-order valence-electron chi connectivity index (χ2n) is 5.80. The van der Waals surface area contributed by atoms with Crippen LogP contribution in [-0.4, -0.2) is 35.5 Å². The summed E-state index contributed by atoms with van der Waals surface area (Å²) in [6.45, 7) is 8.32. The average Bonchev–Trinajstić information content (AvgIpc) is 2.63. The molecule has 0 fully saturated rings. The molecule has 0 aliphatic heterocycles. The van der Waals surface area contributed by atoms with Gasteiger partial charge in [0.2, 0.25) is 0 Å². The van der Waals surface area contributed by atoms with Crippen molar-refractivity contribution in [1.82, 2.24) is 9.88 Å². The molecule has 0 aliphatic rings. The SMILES string of the molecule is CCCN(CCC)C(=O)c1ccnc(Nc2ccc(OCC)cc2)c1. The molecule has 1 heterocycles. The molecule has 1 aromatic carbocycles. The number of rotatable bonds is 9. The van der Waals surface area contributed by atoms with E-state index in [1.807, 2.05) is 36.1 Å². The molecule has 1 aromatic heterocycles. The average molecular weight is 341 g/mol. The molecular weight excluding hydrogens is 314 g/mol. The molecule has 5 heteroatoms. The molecule has 25 heavy (non-hydrogen) atoms. The Kier molecular flexibility index (Phi) is 7.26. The maximum atomic E-state index is 12.7. The molecule has 0 bridgehead atoms. The Hall–Kier alpha value is -2.56. The highest BCUT2D eigenvalue weighted by molar-refractivity contribution is 5.95. The zero-order valence-corrected chi connectivity index (χ0v) is 15.3. The number of ether oxygens (including phenoxy) is 1. The Morgan fingerprint density at radius 3 is 2.36 bits per heavy atom. The quantitative estimate of drug-likeness (QED) is 0.730.